The molecule has 0 aromatic heterocycles. The molecule has 1 aliphatic heterocycles. The van der Waals surface area contributed by atoms with E-state index >= 15 is 0 Å². The number of fused-ring (bicyclic) bond motifs is 2. The predicted molar refractivity (Wildman–Crippen MR) is 91.3 cm³/mol. The van der Waals surface area contributed by atoms with Crippen LogP contribution in [0.25, 0.3) is 10.8 Å². The molecule has 3 aliphatic rings. The van der Waals surface area contributed by atoms with E-state index in [0.717, 1.165) is 10.8 Å². The molecule has 3 N–H and O–H groups in total. The molecule has 0 radical (unpaired) electrons. The predicted octanol–water partition coefficient (Wildman–Crippen LogP) is 1.99. The third-order valence-corrected chi connectivity index (χ3v) is 5.82. The summed E-state index contributed by atoms with van der Waals surface area (Å²) in [4.78, 5) is 0. The number of rotatable bonds is 0. The first-order valence-corrected chi connectivity index (χ1v) is 8.71. The molecular weight excluding hydrogens is 320 g/mol. The van der Waals surface area contributed by atoms with Gasteiger partial charge in [-0.3, -0.25) is 0 Å². The normalized spacial score (nSPS) is 35.1. The summed E-state index contributed by atoms with van der Waals surface area (Å²) in [7, 11) is 0. The molecule has 5 heteroatoms. The molecule has 5 unspecified atom stereocenters. The minimum absolute atomic E-state index is 0.441. The Morgan fingerprint density at radius 2 is 1.52 bits per heavy atom. The zero-order valence-electron chi connectivity index (χ0n) is 13.6. The van der Waals surface area contributed by atoms with E-state index in [1.54, 1.807) is 12.2 Å². The van der Waals surface area contributed by atoms with Crippen molar-refractivity contribution in [2.75, 3.05) is 0 Å². The fourth-order valence-electron chi connectivity index (χ4n) is 4.72. The second-order valence-electron chi connectivity index (χ2n) is 7.20. The highest BCUT2D eigenvalue weighted by molar-refractivity contribution is 5.94. The Bertz CT molecular complexity index is 820. The number of aliphatic hydroxyl groups excluding tert-OH is 3. The van der Waals surface area contributed by atoms with E-state index in [1.165, 1.54) is 0 Å². The third kappa shape index (κ3) is 2.06. The lowest BCUT2D eigenvalue weighted by molar-refractivity contribution is -0.244. The van der Waals surface area contributed by atoms with Crippen molar-refractivity contribution in [3.63, 3.8) is 0 Å². The van der Waals surface area contributed by atoms with Gasteiger partial charge in [-0.05, 0) is 23.9 Å². The molecule has 1 fully saturated rings. The fourth-order valence-corrected chi connectivity index (χ4v) is 4.72. The van der Waals surface area contributed by atoms with Crippen molar-refractivity contribution in [2.45, 2.75) is 36.9 Å². The number of ether oxygens (including phenoxy) is 2. The molecular formula is C20H20O5. The van der Waals surface area contributed by atoms with Gasteiger partial charge < -0.3 is 24.8 Å². The van der Waals surface area contributed by atoms with Gasteiger partial charge in [-0.25, -0.2) is 0 Å². The molecule has 2 aromatic rings. The van der Waals surface area contributed by atoms with Gasteiger partial charge >= 0.3 is 0 Å². The molecule has 1 spiro atoms. The van der Waals surface area contributed by atoms with Crippen molar-refractivity contribution in [1.82, 2.24) is 0 Å². The maximum Gasteiger partial charge on any atom is 0.257 e. The molecule has 5 atom stereocenters. The van der Waals surface area contributed by atoms with E-state index in [0.29, 0.717) is 24.3 Å². The third-order valence-electron chi connectivity index (χ3n) is 5.82. The van der Waals surface area contributed by atoms with Crippen LogP contribution >= 0.6 is 0 Å². The molecule has 5 nitrogen and oxygen atoms in total. The van der Waals surface area contributed by atoms with Gasteiger partial charge in [-0.1, -0.05) is 36.4 Å². The Morgan fingerprint density at radius 1 is 0.880 bits per heavy atom. The van der Waals surface area contributed by atoms with Gasteiger partial charge in [0.2, 0.25) is 0 Å². The summed E-state index contributed by atoms with van der Waals surface area (Å²) in [5.74, 6) is -0.757. The summed E-state index contributed by atoms with van der Waals surface area (Å²) >= 11 is 0. The maximum absolute atomic E-state index is 10.6. The number of hydrogen-bond acceptors (Lipinski definition) is 5. The first kappa shape index (κ1) is 15.2. The summed E-state index contributed by atoms with van der Waals surface area (Å²) in [6.45, 7) is 0. The Labute approximate surface area is 145 Å². The zero-order valence-corrected chi connectivity index (χ0v) is 13.6. The molecule has 0 saturated heterocycles. The minimum Gasteiger partial charge on any atom is -0.451 e. The first-order chi connectivity index (χ1) is 12.1. The maximum atomic E-state index is 10.6. The highest BCUT2D eigenvalue weighted by Crippen LogP contribution is 2.52. The van der Waals surface area contributed by atoms with Gasteiger partial charge in [-0.15, -0.1) is 0 Å². The summed E-state index contributed by atoms with van der Waals surface area (Å²) in [5.41, 5.74) is 0. The van der Waals surface area contributed by atoms with Crippen LogP contribution in [-0.4, -0.2) is 39.4 Å². The van der Waals surface area contributed by atoms with Crippen LogP contribution in [0.1, 0.15) is 12.8 Å². The Hall–Kier alpha value is -2.08. The molecule has 5 rings (SSSR count). The lowest BCUT2D eigenvalue weighted by atomic mass is 9.65. The average Bonchev–Trinajstić information content (AvgIpc) is 2.61. The van der Waals surface area contributed by atoms with Crippen LogP contribution in [0.2, 0.25) is 0 Å². The fraction of sp³-hybridized carbons (Fsp3) is 0.400. The van der Waals surface area contributed by atoms with Crippen molar-refractivity contribution in [2.24, 2.45) is 11.8 Å². The van der Waals surface area contributed by atoms with Gasteiger partial charge in [0.05, 0.1) is 29.6 Å². The molecule has 1 heterocycles. The molecule has 2 aliphatic carbocycles. The molecule has 2 aromatic carbocycles. The van der Waals surface area contributed by atoms with Crippen molar-refractivity contribution < 1.29 is 24.8 Å². The van der Waals surface area contributed by atoms with Crippen LogP contribution in [0.5, 0.6) is 11.5 Å². The van der Waals surface area contributed by atoms with E-state index in [-0.39, 0.29) is 0 Å². The van der Waals surface area contributed by atoms with Crippen LogP contribution in [0.3, 0.4) is 0 Å². The first-order valence-electron chi connectivity index (χ1n) is 8.71. The van der Waals surface area contributed by atoms with Crippen LogP contribution < -0.4 is 9.47 Å². The van der Waals surface area contributed by atoms with Crippen molar-refractivity contribution in [1.29, 1.82) is 0 Å². The summed E-state index contributed by atoms with van der Waals surface area (Å²) in [6, 6.07) is 11.7. The van der Waals surface area contributed by atoms with Gasteiger partial charge in [-0.2, -0.15) is 0 Å². The van der Waals surface area contributed by atoms with Gasteiger partial charge in [0.1, 0.15) is 11.5 Å². The summed E-state index contributed by atoms with van der Waals surface area (Å²) in [6.07, 6.45) is 1.61. The Balaban J connectivity index is 1.66. The lowest BCUT2D eigenvalue weighted by Gasteiger charge is -2.53. The lowest BCUT2D eigenvalue weighted by Crippen LogP contribution is -2.64. The van der Waals surface area contributed by atoms with Crippen LogP contribution in [0.15, 0.2) is 48.6 Å². The summed E-state index contributed by atoms with van der Waals surface area (Å²) < 4.78 is 12.7. The second-order valence-corrected chi connectivity index (χ2v) is 7.20. The van der Waals surface area contributed by atoms with Crippen LogP contribution in [0.4, 0.5) is 0 Å². The van der Waals surface area contributed by atoms with Crippen molar-refractivity contribution in [3.8, 4) is 11.5 Å². The number of benzene rings is 2. The monoisotopic (exact) mass is 340 g/mol. The molecule has 0 amide bonds. The molecule has 25 heavy (non-hydrogen) atoms. The highest BCUT2D eigenvalue weighted by Gasteiger charge is 2.59. The van der Waals surface area contributed by atoms with Crippen molar-refractivity contribution in [3.05, 3.63) is 48.6 Å². The number of hydrogen-bond donors (Lipinski definition) is 3. The van der Waals surface area contributed by atoms with E-state index in [4.69, 9.17) is 9.47 Å². The number of aliphatic hydroxyl groups is 3. The van der Waals surface area contributed by atoms with E-state index < -0.39 is 35.9 Å². The highest BCUT2D eigenvalue weighted by atomic mass is 16.7. The molecule has 130 valence electrons. The van der Waals surface area contributed by atoms with Crippen molar-refractivity contribution >= 4 is 10.8 Å². The smallest absolute Gasteiger partial charge is 0.257 e. The Kier molecular flexibility index (Phi) is 3.17. The SMILES string of the molecule is OC1C=CC(O)C2C1C(O)CCC21Oc2cccc3cccc(c23)O1. The van der Waals surface area contributed by atoms with E-state index in [2.05, 4.69) is 0 Å². The Morgan fingerprint density at radius 3 is 2.20 bits per heavy atom. The van der Waals surface area contributed by atoms with Crippen LogP contribution in [-0.2, 0) is 0 Å². The van der Waals surface area contributed by atoms with E-state index in [1.807, 2.05) is 36.4 Å². The largest absolute Gasteiger partial charge is 0.451 e. The molecule has 0 bridgehead atoms. The van der Waals surface area contributed by atoms with E-state index in [9.17, 15) is 15.3 Å². The van der Waals surface area contributed by atoms with Gasteiger partial charge in [0.25, 0.3) is 5.79 Å². The summed E-state index contributed by atoms with van der Waals surface area (Å²) in [5, 5.41) is 33.4. The second kappa shape index (κ2) is 5.21. The standard InChI is InChI=1S/C20H20O5/c21-12-7-8-14(23)19-18(12)13(22)9-10-20(19)24-15-5-1-3-11-4-2-6-16(25-20)17(11)15/h1-8,12-14,18-19,21-23H,9-10H2. The topological polar surface area (TPSA) is 79.2 Å². The minimum atomic E-state index is -1.10. The van der Waals surface area contributed by atoms with Gasteiger partial charge in [0.15, 0.2) is 0 Å². The quantitative estimate of drug-likeness (QED) is 0.639. The van der Waals surface area contributed by atoms with Crippen LogP contribution in [0, 0.1) is 11.8 Å². The van der Waals surface area contributed by atoms with Gasteiger partial charge in [0, 0.05) is 12.3 Å². The molecule has 1 saturated carbocycles. The zero-order chi connectivity index (χ0) is 17.2. The average molecular weight is 340 g/mol.